The van der Waals surface area contributed by atoms with Crippen LogP contribution in [0.1, 0.15) is 16.0 Å². The average molecular weight is 341 g/mol. The monoisotopic (exact) mass is 341 g/mol. The van der Waals surface area contributed by atoms with Crippen molar-refractivity contribution in [3.8, 4) is 0 Å². The quantitative estimate of drug-likeness (QED) is 0.587. The summed E-state index contributed by atoms with van der Waals surface area (Å²) in [7, 11) is 2.13. The van der Waals surface area contributed by atoms with E-state index in [-0.39, 0.29) is 5.82 Å². The first-order valence-corrected chi connectivity index (χ1v) is 8.51. The van der Waals surface area contributed by atoms with E-state index in [1.165, 1.54) is 22.6 Å². The fraction of sp³-hybridized carbons (Fsp3) is 0.235. The molecule has 1 aromatic carbocycles. The second-order valence-electron chi connectivity index (χ2n) is 5.82. The molecule has 7 heteroatoms. The van der Waals surface area contributed by atoms with Crippen LogP contribution in [0.2, 0.25) is 0 Å². The van der Waals surface area contributed by atoms with Crippen LogP contribution in [0.5, 0.6) is 0 Å². The molecule has 0 amide bonds. The molecule has 0 atom stereocenters. The summed E-state index contributed by atoms with van der Waals surface area (Å²) in [6.07, 6.45) is 4.21. The second kappa shape index (κ2) is 6.26. The van der Waals surface area contributed by atoms with Gasteiger partial charge in [-0.05, 0) is 36.7 Å². The van der Waals surface area contributed by atoms with Crippen LogP contribution in [0.15, 0.2) is 35.7 Å². The number of hydrazone groups is 1. The van der Waals surface area contributed by atoms with E-state index in [2.05, 4.69) is 32.4 Å². The molecule has 0 saturated carbocycles. The Bertz CT molecular complexity index is 903. The molecule has 1 aliphatic heterocycles. The molecule has 0 fully saturated rings. The lowest BCUT2D eigenvalue weighted by molar-refractivity contribution is 0.318. The third-order valence-electron chi connectivity index (χ3n) is 4.08. The summed E-state index contributed by atoms with van der Waals surface area (Å²) < 4.78 is 12.9. The first-order valence-electron chi connectivity index (χ1n) is 7.69. The zero-order chi connectivity index (χ0) is 16.5. The van der Waals surface area contributed by atoms with Crippen molar-refractivity contribution in [3.63, 3.8) is 0 Å². The normalized spacial score (nSPS) is 15.1. The molecule has 24 heavy (non-hydrogen) atoms. The van der Waals surface area contributed by atoms with Crippen molar-refractivity contribution in [2.75, 3.05) is 19.0 Å². The van der Waals surface area contributed by atoms with Gasteiger partial charge in [-0.15, -0.1) is 11.3 Å². The van der Waals surface area contributed by atoms with Crippen molar-refractivity contribution in [3.05, 3.63) is 52.4 Å². The Morgan fingerprint density at radius 1 is 1.29 bits per heavy atom. The van der Waals surface area contributed by atoms with Gasteiger partial charge >= 0.3 is 0 Å². The fourth-order valence-electron chi connectivity index (χ4n) is 2.86. The van der Waals surface area contributed by atoms with E-state index in [1.54, 1.807) is 36.0 Å². The Morgan fingerprint density at radius 2 is 2.12 bits per heavy atom. The summed E-state index contributed by atoms with van der Waals surface area (Å²) >= 11 is 1.72. The van der Waals surface area contributed by atoms with Crippen LogP contribution in [0.25, 0.3) is 10.2 Å². The molecule has 122 valence electrons. The molecule has 0 radical (unpaired) electrons. The number of anilines is 1. The van der Waals surface area contributed by atoms with Crippen molar-refractivity contribution < 1.29 is 4.39 Å². The number of thiophene rings is 1. The van der Waals surface area contributed by atoms with Crippen molar-refractivity contribution in [2.45, 2.75) is 13.0 Å². The van der Waals surface area contributed by atoms with E-state index < -0.39 is 0 Å². The van der Waals surface area contributed by atoms with Crippen LogP contribution in [-0.2, 0) is 13.0 Å². The molecule has 3 aromatic rings. The standard InChI is InChI=1S/C17H16FN5S/c1-23-7-6-13-14(9-23)24-17-15(13)16(19-10-20-17)22-21-8-11-2-4-12(18)5-3-11/h2-5,8,10H,6-7,9H2,1H3,(H,19,20,22)/b21-8+. The minimum Gasteiger partial charge on any atom is -0.301 e. The summed E-state index contributed by atoms with van der Waals surface area (Å²) in [5.74, 6) is 0.466. The first-order chi connectivity index (χ1) is 11.7. The van der Waals surface area contributed by atoms with Crippen LogP contribution in [0.4, 0.5) is 10.2 Å². The molecule has 0 saturated heterocycles. The van der Waals surface area contributed by atoms with Crippen molar-refractivity contribution >= 4 is 33.6 Å². The molecule has 0 unspecified atom stereocenters. The first kappa shape index (κ1) is 15.2. The number of likely N-dealkylation sites (N-methyl/N-ethyl adjacent to an activating group) is 1. The highest BCUT2D eigenvalue weighted by Crippen LogP contribution is 2.36. The van der Waals surface area contributed by atoms with Crippen LogP contribution < -0.4 is 5.43 Å². The van der Waals surface area contributed by atoms with Crippen molar-refractivity contribution in [2.24, 2.45) is 5.10 Å². The number of rotatable bonds is 3. The fourth-order valence-corrected chi connectivity index (χ4v) is 4.12. The highest BCUT2D eigenvalue weighted by molar-refractivity contribution is 7.18. The van der Waals surface area contributed by atoms with Gasteiger partial charge in [-0.1, -0.05) is 12.1 Å². The molecule has 0 aliphatic carbocycles. The van der Waals surface area contributed by atoms with E-state index in [1.807, 2.05) is 0 Å². The lowest BCUT2D eigenvalue weighted by Gasteiger charge is -2.22. The number of fused-ring (bicyclic) bond motifs is 3. The highest BCUT2D eigenvalue weighted by Gasteiger charge is 2.21. The third-order valence-corrected chi connectivity index (χ3v) is 5.21. The van der Waals surface area contributed by atoms with Crippen molar-refractivity contribution in [1.29, 1.82) is 0 Å². The number of hydrogen-bond donors (Lipinski definition) is 1. The molecule has 1 aliphatic rings. The number of nitrogens with zero attached hydrogens (tertiary/aromatic N) is 4. The van der Waals surface area contributed by atoms with Crippen molar-refractivity contribution in [1.82, 2.24) is 14.9 Å². The SMILES string of the molecule is CN1CCc2c(sc3ncnc(N/N=C/c4ccc(F)cc4)c23)C1. The van der Waals surface area contributed by atoms with Gasteiger partial charge in [-0.3, -0.25) is 5.43 Å². The predicted molar refractivity (Wildman–Crippen MR) is 95.1 cm³/mol. The zero-order valence-corrected chi connectivity index (χ0v) is 14.0. The van der Waals surface area contributed by atoms with Gasteiger partial charge in [0.2, 0.25) is 0 Å². The number of nitrogens with one attached hydrogen (secondary N) is 1. The summed E-state index contributed by atoms with van der Waals surface area (Å²) in [6.45, 7) is 1.99. The van der Waals surface area contributed by atoms with Gasteiger partial charge in [0, 0.05) is 18.0 Å². The minimum atomic E-state index is -0.257. The summed E-state index contributed by atoms with van der Waals surface area (Å²) in [5.41, 5.74) is 5.17. The van der Waals surface area contributed by atoms with E-state index in [0.29, 0.717) is 0 Å². The molecule has 0 spiro atoms. The van der Waals surface area contributed by atoms with E-state index >= 15 is 0 Å². The highest BCUT2D eigenvalue weighted by atomic mass is 32.1. The lowest BCUT2D eigenvalue weighted by atomic mass is 10.1. The number of halogens is 1. The second-order valence-corrected chi connectivity index (χ2v) is 6.90. The Hall–Kier alpha value is -2.38. The molecule has 3 heterocycles. The van der Waals surface area contributed by atoms with Gasteiger partial charge in [-0.2, -0.15) is 5.10 Å². The summed E-state index contributed by atoms with van der Waals surface area (Å²) in [5, 5.41) is 5.31. The Labute approximate surface area is 142 Å². The molecule has 4 rings (SSSR count). The Morgan fingerprint density at radius 3 is 2.96 bits per heavy atom. The Balaban J connectivity index is 1.63. The average Bonchev–Trinajstić information content (AvgIpc) is 2.95. The minimum absolute atomic E-state index is 0.257. The van der Waals surface area contributed by atoms with Crippen LogP contribution >= 0.6 is 11.3 Å². The van der Waals surface area contributed by atoms with Gasteiger partial charge in [0.1, 0.15) is 17.0 Å². The number of hydrogen-bond acceptors (Lipinski definition) is 6. The maximum absolute atomic E-state index is 12.9. The van der Waals surface area contributed by atoms with Gasteiger partial charge < -0.3 is 4.90 Å². The molecule has 0 bridgehead atoms. The summed E-state index contributed by atoms with van der Waals surface area (Å²) in [4.78, 5) is 13.4. The van der Waals surface area contributed by atoms with Gasteiger partial charge in [0.05, 0.1) is 11.6 Å². The van der Waals surface area contributed by atoms with Crippen LogP contribution in [-0.4, -0.2) is 34.7 Å². The molecule has 2 aromatic heterocycles. The Kier molecular flexibility index (Phi) is 3.95. The van der Waals surface area contributed by atoms with E-state index in [0.717, 1.165) is 41.1 Å². The van der Waals surface area contributed by atoms with Crippen LogP contribution in [0.3, 0.4) is 0 Å². The number of aromatic nitrogens is 2. The topological polar surface area (TPSA) is 53.4 Å². The molecular weight excluding hydrogens is 325 g/mol. The third kappa shape index (κ3) is 2.88. The largest absolute Gasteiger partial charge is 0.301 e. The molecule has 1 N–H and O–H groups in total. The lowest BCUT2D eigenvalue weighted by Crippen LogP contribution is -2.25. The van der Waals surface area contributed by atoms with Gasteiger partial charge in [0.25, 0.3) is 0 Å². The zero-order valence-electron chi connectivity index (χ0n) is 13.2. The van der Waals surface area contributed by atoms with Gasteiger partial charge in [-0.25, -0.2) is 14.4 Å². The molecular formula is C17H16FN5S. The van der Waals surface area contributed by atoms with Crippen LogP contribution in [0, 0.1) is 5.82 Å². The molecule has 5 nitrogen and oxygen atoms in total. The maximum atomic E-state index is 12.9. The maximum Gasteiger partial charge on any atom is 0.158 e. The van der Waals surface area contributed by atoms with E-state index in [9.17, 15) is 4.39 Å². The van der Waals surface area contributed by atoms with E-state index in [4.69, 9.17) is 0 Å². The smallest absolute Gasteiger partial charge is 0.158 e. The van der Waals surface area contributed by atoms with Gasteiger partial charge in [0.15, 0.2) is 5.82 Å². The summed E-state index contributed by atoms with van der Waals surface area (Å²) in [6, 6.07) is 6.18. The predicted octanol–water partition coefficient (Wildman–Crippen LogP) is 3.26. The number of benzene rings is 1.